The molecule has 6 heteroatoms. The average molecular weight is 325 g/mol. The van der Waals surface area contributed by atoms with Gasteiger partial charge >= 0.3 is 0 Å². The van der Waals surface area contributed by atoms with E-state index in [0.29, 0.717) is 6.04 Å². The maximum Gasteiger partial charge on any atom is 0.147 e. The Morgan fingerprint density at radius 1 is 0.944 bits per heavy atom. The Labute approximate surface area is 131 Å². The summed E-state index contributed by atoms with van der Waals surface area (Å²) in [5, 5.41) is 0. The number of rotatable bonds is 5. The zero-order chi connectivity index (χ0) is 14.1. The number of hydrogen-bond acceptors (Lipinski definition) is 4. The first-order valence-corrected chi connectivity index (χ1v) is 9.42. The smallest absolute Gasteiger partial charge is 0.147 e. The van der Waals surface area contributed by atoms with Gasteiger partial charge in [-0.2, -0.15) is 0 Å². The third-order valence-electron chi connectivity index (χ3n) is 2.90. The molecule has 0 rings (SSSR count). The van der Waals surface area contributed by atoms with Gasteiger partial charge < -0.3 is 9.80 Å². The van der Waals surface area contributed by atoms with Gasteiger partial charge in [-0.25, -0.2) is 0 Å². The molecule has 0 radical (unpaired) electrons. The van der Waals surface area contributed by atoms with E-state index >= 15 is 0 Å². The fourth-order valence-electron chi connectivity index (χ4n) is 1.49. The first-order chi connectivity index (χ1) is 8.51. The van der Waals surface area contributed by atoms with Crippen molar-refractivity contribution in [2.24, 2.45) is 0 Å². The van der Waals surface area contributed by atoms with Crippen molar-refractivity contribution in [2.45, 2.75) is 47.1 Å². The van der Waals surface area contributed by atoms with Crippen LogP contribution in [0, 0.1) is 0 Å². The molecule has 0 spiro atoms. The summed E-state index contributed by atoms with van der Waals surface area (Å²) >= 11 is 10.9. The summed E-state index contributed by atoms with van der Waals surface area (Å²) in [7, 11) is 3.22. The van der Waals surface area contributed by atoms with E-state index < -0.39 is 0 Å². The van der Waals surface area contributed by atoms with Crippen molar-refractivity contribution in [3.8, 4) is 0 Å². The SMILES string of the molecule is CCC(C)N(CC)C(=S)SSC(=S)N(CC)CC. The lowest BCUT2D eigenvalue weighted by molar-refractivity contribution is 0.348. The van der Waals surface area contributed by atoms with E-state index in [0.717, 1.165) is 34.7 Å². The van der Waals surface area contributed by atoms with Gasteiger partial charge in [-0.1, -0.05) is 31.4 Å². The fraction of sp³-hybridized carbons (Fsp3) is 0.833. The molecule has 0 fully saturated rings. The maximum absolute atomic E-state index is 5.48. The Bertz CT molecular complexity index is 267. The summed E-state index contributed by atoms with van der Waals surface area (Å²) in [6.45, 7) is 13.7. The molecule has 2 nitrogen and oxygen atoms in total. The molecule has 0 heterocycles. The third-order valence-corrected chi connectivity index (χ3v) is 6.59. The molecule has 0 saturated heterocycles. The van der Waals surface area contributed by atoms with Crippen molar-refractivity contribution in [1.29, 1.82) is 0 Å². The minimum absolute atomic E-state index is 0.498. The highest BCUT2D eigenvalue weighted by Gasteiger charge is 2.16. The normalized spacial score (nSPS) is 12.1. The second-order valence-electron chi connectivity index (χ2n) is 3.91. The van der Waals surface area contributed by atoms with E-state index in [-0.39, 0.29) is 0 Å². The van der Waals surface area contributed by atoms with E-state index in [2.05, 4.69) is 44.4 Å². The Morgan fingerprint density at radius 2 is 1.44 bits per heavy atom. The summed E-state index contributed by atoms with van der Waals surface area (Å²) in [4.78, 5) is 4.44. The minimum Gasteiger partial charge on any atom is -0.357 e. The summed E-state index contributed by atoms with van der Waals surface area (Å²) in [6, 6.07) is 0.498. The van der Waals surface area contributed by atoms with Gasteiger partial charge in [-0.3, -0.25) is 0 Å². The summed E-state index contributed by atoms with van der Waals surface area (Å²) in [5.41, 5.74) is 0. The molecule has 0 amide bonds. The lowest BCUT2D eigenvalue weighted by atomic mass is 10.2. The Kier molecular flexibility index (Phi) is 10.6. The third kappa shape index (κ3) is 6.08. The number of nitrogens with zero attached hydrogens (tertiary/aromatic N) is 2. The van der Waals surface area contributed by atoms with Crippen molar-refractivity contribution in [3.63, 3.8) is 0 Å². The van der Waals surface area contributed by atoms with Crippen molar-refractivity contribution < 1.29 is 0 Å². The van der Waals surface area contributed by atoms with Crippen molar-refractivity contribution >= 4 is 54.7 Å². The molecule has 0 aliphatic carbocycles. The molecular formula is C12H24N2S4. The van der Waals surface area contributed by atoms with Gasteiger partial charge in [-0.05, 0) is 55.7 Å². The first kappa shape index (κ1) is 18.5. The van der Waals surface area contributed by atoms with E-state index in [1.807, 2.05) is 0 Å². The van der Waals surface area contributed by atoms with E-state index in [1.54, 1.807) is 21.6 Å². The fourth-order valence-corrected chi connectivity index (χ4v) is 4.62. The van der Waals surface area contributed by atoms with Crippen LogP contribution in [0.5, 0.6) is 0 Å². The Hall–Kier alpha value is 0.480. The van der Waals surface area contributed by atoms with E-state index in [1.165, 1.54) is 0 Å². The molecule has 0 aromatic carbocycles. The van der Waals surface area contributed by atoms with Crippen LogP contribution in [0.1, 0.15) is 41.0 Å². The molecule has 0 saturated carbocycles. The molecule has 0 bridgehead atoms. The average Bonchev–Trinajstić information content (AvgIpc) is 2.38. The van der Waals surface area contributed by atoms with Crippen LogP contribution in [0.4, 0.5) is 0 Å². The molecule has 106 valence electrons. The number of hydrogen-bond donors (Lipinski definition) is 0. The largest absolute Gasteiger partial charge is 0.357 e. The molecule has 0 aromatic heterocycles. The van der Waals surface area contributed by atoms with Crippen molar-refractivity contribution in [1.82, 2.24) is 9.80 Å². The van der Waals surface area contributed by atoms with Gasteiger partial charge in [0.05, 0.1) is 0 Å². The second kappa shape index (κ2) is 10.3. The molecular weight excluding hydrogens is 300 g/mol. The van der Waals surface area contributed by atoms with Crippen LogP contribution in [0.2, 0.25) is 0 Å². The topological polar surface area (TPSA) is 6.48 Å². The van der Waals surface area contributed by atoms with E-state index in [4.69, 9.17) is 24.4 Å². The van der Waals surface area contributed by atoms with Gasteiger partial charge in [0.15, 0.2) is 0 Å². The monoisotopic (exact) mass is 324 g/mol. The minimum atomic E-state index is 0.498. The molecule has 18 heavy (non-hydrogen) atoms. The Balaban J connectivity index is 4.27. The number of thiocarbonyl (C=S) groups is 2. The zero-order valence-electron chi connectivity index (χ0n) is 11.9. The van der Waals surface area contributed by atoms with Gasteiger partial charge in [0, 0.05) is 25.7 Å². The molecule has 0 aliphatic heterocycles. The van der Waals surface area contributed by atoms with E-state index in [9.17, 15) is 0 Å². The molecule has 1 atom stereocenters. The predicted molar refractivity (Wildman–Crippen MR) is 95.4 cm³/mol. The maximum atomic E-state index is 5.48. The van der Waals surface area contributed by atoms with Gasteiger partial charge in [0.25, 0.3) is 0 Å². The highest BCUT2D eigenvalue weighted by atomic mass is 33.1. The molecule has 0 aliphatic rings. The Morgan fingerprint density at radius 3 is 1.83 bits per heavy atom. The summed E-state index contributed by atoms with van der Waals surface area (Å²) in [5.74, 6) is 0. The summed E-state index contributed by atoms with van der Waals surface area (Å²) < 4.78 is 1.86. The van der Waals surface area contributed by atoms with Crippen LogP contribution in [0.25, 0.3) is 0 Å². The van der Waals surface area contributed by atoms with Crippen LogP contribution < -0.4 is 0 Å². The predicted octanol–water partition coefficient (Wildman–Crippen LogP) is 4.40. The molecule has 0 N–H and O–H groups in total. The van der Waals surface area contributed by atoms with Gasteiger partial charge in [-0.15, -0.1) is 0 Å². The van der Waals surface area contributed by atoms with Crippen LogP contribution in [-0.2, 0) is 0 Å². The van der Waals surface area contributed by atoms with Gasteiger partial charge in [0.2, 0.25) is 0 Å². The zero-order valence-corrected chi connectivity index (χ0v) is 15.2. The summed E-state index contributed by atoms with van der Waals surface area (Å²) in [6.07, 6.45) is 1.11. The highest BCUT2D eigenvalue weighted by Crippen LogP contribution is 2.29. The van der Waals surface area contributed by atoms with Crippen LogP contribution in [-0.4, -0.2) is 44.1 Å². The lowest BCUT2D eigenvalue weighted by Crippen LogP contribution is -2.35. The highest BCUT2D eigenvalue weighted by molar-refractivity contribution is 8.89. The van der Waals surface area contributed by atoms with Crippen LogP contribution >= 0.6 is 46.0 Å². The molecule has 0 aromatic rings. The first-order valence-electron chi connectivity index (χ1n) is 6.45. The molecule has 1 unspecified atom stereocenters. The van der Waals surface area contributed by atoms with Gasteiger partial charge in [0.1, 0.15) is 8.64 Å². The second-order valence-corrected chi connectivity index (χ2v) is 7.31. The van der Waals surface area contributed by atoms with Crippen molar-refractivity contribution in [3.05, 3.63) is 0 Å². The van der Waals surface area contributed by atoms with Crippen LogP contribution in [0.15, 0.2) is 0 Å². The quantitative estimate of drug-likeness (QED) is 0.542. The van der Waals surface area contributed by atoms with Crippen molar-refractivity contribution in [2.75, 3.05) is 19.6 Å². The van der Waals surface area contributed by atoms with Crippen LogP contribution in [0.3, 0.4) is 0 Å². The standard InChI is InChI=1S/C12H24N2S4/c1-6-10(5)14(9-4)12(16)18-17-11(15)13(7-2)8-3/h10H,6-9H2,1-5H3. The lowest BCUT2D eigenvalue weighted by Gasteiger charge is -2.29.